The largest absolute Gasteiger partial charge is 0.379 e. The predicted octanol–water partition coefficient (Wildman–Crippen LogP) is 3.73. The van der Waals surface area contributed by atoms with Crippen molar-refractivity contribution in [1.29, 1.82) is 0 Å². The Balaban J connectivity index is 1.76. The molecule has 0 aliphatic carbocycles. The van der Waals surface area contributed by atoms with Crippen molar-refractivity contribution in [3.8, 4) is 0 Å². The van der Waals surface area contributed by atoms with Crippen molar-refractivity contribution in [2.24, 2.45) is 0 Å². The van der Waals surface area contributed by atoms with Crippen LogP contribution >= 0.6 is 11.3 Å². The van der Waals surface area contributed by atoms with Gasteiger partial charge in [0, 0.05) is 23.1 Å². The highest BCUT2D eigenvalue weighted by atomic mass is 32.1. The third kappa shape index (κ3) is 2.11. The molecule has 3 aromatic rings. The van der Waals surface area contributed by atoms with Crippen LogP contribution in [0.25, 0.3) is 10.1 Å². The average Bonchev–Trinajstić information content (AvgIpc) is 3.04. The Morgan fingerprint density at radius 3 is 3.11 bits per heavy atom. The van der Waals surface area contributed by atoms with Gasteiger partial charge in [0.05, 0.1) is 12.2 Å². The van der Waals surface area contributed by atoms with Crippen molar-refractivity contribution in [1.82, 2.24) is 9.78 Å². The summed E-state index contributed by atoms with van der Waals surface area (Å²) in [5.74, 6) is 0. The van der Waals surface area contributed by atoms with Crippen molar-refractivity contribution in [2.75, 3.05) is 5.32 Å². The summed E-state index contributed by atoms with van der Waals surface area (Å²) in [7, 11) is 0. The first-order valence-corrected chi connectivity index (χ1v) is 6.96. The van der Waals surface area contributed by atoms with Gasteiger partial charge in [-0.1, -0.05) is 0 Å². The average molecular weight is 257 g/mol. The standard InChI is InChI=1S/C14H15N3S/c1-2-17-13(5-7-16-17)10-15-12-3-4-14-11(9-12)6-8-18-14/h3-9,15H,2,10H2,1H3. The summed E-state index contributed by atoms with van der Waals surface area (Å²) in [5.41, 5.74) is 2.37. The normalized spacial score (nSPS) is 10.9. The zero-order chi connectivity index (χ0) is 12.4. The molecular formula is C14H15N3S. The molecule has 0 bridgehead atoms. The first-order chi connectivity index (χ1) is 8.86. The monoisotopic (exact) mass is 257 g/mol. The van der Waals surface area contributed by atoms with Crippen LogP contribution in [0.15, 0.2) is 41.9 Å². The maximum atomic E-state index is 4.27. The van der Waals surface area contributed by atoms with Crippen LogP contribution in [0.1, 0.15) is 12.6 Å². The van der Waals surface area contributed by atoms with Crippen molar-refractivity contribution in [3.05, 3.63) is 47.6 Å². The highest BCUT2D eigenvalue weighted by molar-refractivity contribution is 7.17. The number of benzene rings is 1. The number of hydrogen-bond acceptors (Lipinski definition) is 3. The molecule has 0 saturated heterocycles. The Hall–Kier alpha value is -1.81. The molecule has 0 atom stereocenters. The second-order valence-corrected chi connectivity index (χ2v) is 5.11. The second kappa shape index (κ2) is 4.82. The fraction of sp³-hybridized carbons (Fsp3) is 0.214. The maximum Gasteiger partial charge on any atom is 0.0575 e. The van der Waals surface area contributed by atoms with E-state index < -0.39 is 0 Å². The lowest BCUT2D eigenvalue weighted by molar-refractivity contribution is 0.627. The molecule has 0 aliphatic rings. The number of nitrogens with zero attached hydrogens (tertiary/aromatic N) is 2. The highest BCUT2D eigenvalue weighted by Gasteiger charge is 2.01. The molecule has 1 aromatic carbocycles. The van der Waals surface area contributed by atoms with E-state index >= 15 is 0 Å². The van der Waals surface area contributed by atoms with Gasteiger partial charge in [0.25, 0.3) is 0 Å². The number of thiophene rings is 1. The van der Waals surface area contributed by atoms with E-state index in [9.17, 15) is 0 Å². The molecule has 0 unspecified atom stereocenters. The molecule has 18 heavy (non-hydrogen) atoms. The predicted molar refractivity (Wildman–Crippen MR) is 77.1 cm³/mol. The van der Waals surface area contributed by atoms with Crippen LogP contribution < -0.4 is 5.32 Å². The van der Waals surface area contributed by atoms with Crippen LogP contribution in [-0.2, 0) is 13.1 Å². The molecule has 92 valence electrons. The lowest BCUT2D eigenvalue weighted by Gasteiger charge is -2.08. The van der Waals surface area contributed by atoms with Crippen molar-refractivity contribution in [3.63, 3.8) is 0 Å². The number of anilines is 1. The number of hydrogen-bond donors (Lipinski definition) is 1. The molecule has 0 fully saturated rings. The zero-order valence-electron chi connectivity index (χ0n) is 10.3. The van der Waals surface area contributed by atoms with Gasteiger partial charge in [0.1, 0.15) is 0 Å². The fourth-order valence-corrected chi connectivity index (χ4v) is 2.84. The zero-order valence-corrected chi connectivity index (χ0v) is 11.1. The molecule has 0 radical (unpaired) electrons. The number of fused-ring (bicyclic) bond motifs is 1. The van der Waals surface area contributed by atoms with Crippen LogP contribution in [0.5, 0.6) is 0 Å². The smallest absolute Gasteiger partial charge is 0.0575 e. The lowest BCUT2D eigenvalue weighted by Crippen LogP contribution is -2.07. The topological polar surface area (TPSA) is 29.9 Å². The van der Waals surface area contributed by atoms with Crippen molar-refractivity contribution in [2.45, 2.75) is 20.0 Å². The number of aromatic nitrogens is 2. The first kappa shape index (κ1) is 11.3. The van der Waals surface area contributed by atoms with Gasteiger partial charge in [-0.25, -0.2) is 0 Å². The van der Waals surface area contributed by atoms with Gasteiger partial charge in [-0.05, 0) is 48.0 Å². The van der Waals surface area contributed by atoms with E-state index in [0.29, 0.717) is 0 Å². The Bertz CT molecular complexity index is 654. The highest BCUT2D eigenvalue weighted by Crippen LogP contribution is 2.24. The van der Waals surface area contributed by atoms with E-state index in [4.69, 9.17) is 0 Å². The summed E-state index contributed by atoms with van der Waals surface area (Å²) in [4.78, 5) is 0. The number of nitrogens with one attached hydrogen (secondary N) is 1. The SMILES string of the molecule is CCn1nccc1CNc1ccc2sccc2c1. The Morgan fingerprint density at radius 1 is 1.28 bits per heavy atom. The van der Waals surface area contributed by atoms with E-state index in [2.05, 4.69) is 53.1 Å². The van der Waals surface area contributed by atoms with E-state index in [1.54, 1.807) is 11.3 Å². The number of aryl methyl sites for hydroxylation is 1. The fourth-order valence-electron chi connectivity index (χ4n) is 2.06. The summed E-state index contributed by atoms with van der Waals surface area (Å²) in [5, 5.41) is 11.1. The minimum Gasteiger partial charge on any atom is -0.379 e. The van der Waals surface area contributed by atoms with Gasteiger partial charge in [-0.2, -0.15) is 5.10 Å². The Kier molecular flexibility index (Phi) is 3.02. The third-order valence-electron chi connectivity index (χ3n) is 3.03. The minimum atomic E-state index is 0.809. The summed E-state index contributed by atoms with van der Waals surface area (Å²) >= 11 is 1.78. The van der Waals surface area contributed by atoms with Gasteiger partial charge in [0.15, 0.2) is 0 Å². The van der Waals surface area contributed by atoms with E-state index in [-0.39, 0.29) is 0 Å². The third-order valence-corrected chi connectivity index (χ3v) is 3.93. The molecule has 1 N–H and O–H groups in total. The molecule has 0 saturated carbocycles. The van der Waals surface area contributed by atoms with Gasteiger partial charge >= 0.3 is 0 Å². The second-order valence-electron chi connectivity index (χ2n) is 4.17. The van der Waals surface area contributed by atoms with Crippen LogP contribution in [0, 0.1) is 0 Å². The van der Waals surface area contributed by atoms with Gasteiger partial charge in [0.2, 0.25) is 0 Å². The van der Waals surface area contributed by atoms with Crippen LogP contribution in [-0.4, -0.2) is 9.78 Å². The number of rotatable bonds is 4. The Labute approximate surface area is 110 Å². The molecule has 0 amide bonds. The van der Waals surface area contributed by atoms with E-state index in [1.165, 1.54) is 15.8 Å². The van der Waals surface area contributed by atoms with Crippen molar-refractivity contribution >= 4 is 27.1 Å². The molecule has 0 spiro atoms. The molecule has 2 aromatic heterocycles. The van der Waals surface area contributed by atoms with Crippen LogP contribution in [0.4, 0.5) is 5.69 Å². The minimum absolute atomic E-state index is 0.809. The summed E-state index contributed by atoms with van der Waals surface area (Å²) in [6, 6.07) is 10.7. The lowest BCUT2D eigenvalue weighted by atomic mass is 10.2. The molecule has 4 heteroatoms. The van der Waals surface area contributed by atoms with Crippen LogP contribution in [0.2, 0.25) is 0 Å². The van der Waals surface area contributed by atoms with E-state index in [1.807, 2.05) is 10.9 Å². The summed E-state index contributed by atoms with van der Waals surface area (Å²) < 4.78 is 3.34. The Morgan fingerprint density at radius 2 is 2.22 bits per heavy atom. The molecule has 2 heterocycles. The maximum absolute atomic E-state index is 4.27. The summed E-state index contributed by atoms with van der Waals surface area (Å²) in [6.45, 7) is 3.82. The van der Waals surface area contributed by atoms with E-state index in [0.717, 1.165) is 18.8 Å². The van der Waals surface area contributed by atoms with Crippen LogP contribution in [0.3, 0.4) is 0 Å². The summed E-state index contributed by atoms with van der Waals surface area (Å²) in [6.07, 6.45) is 1.85. The molecular weight excluding hydrogens is 242 g/mol. The van der Waals surface area contributed by atoms with Gasteiger partial charge < -0.3 is 5.32 Å². The van der Waals surface area contributed by atoms with Gasteiger partial charge in [-0.3, -0.25) is 4.68 Å². The molecule has 3 nitrogen and oxygen atoms in total. The van der Waals surface area contributed by atoms with Gasteiger partial charge in [-0.15, -0.1) is 11.3 Å². The molecule has 3 rings (SSSR count). The first-order valence-electron chi connectivity index (χ1n) is 6.08. The molecule has 0 aliphatic heterocycles. The quantitative estimate of drug-likeness (QED) is 0.771. The van der Waals surface area contributed by atoms with Crippen molar-refractivity contribution < 1.29 is 0 Å².